The van der Waals surface area contributed by atoms with E-state index in [2.05, 4.69) is 10.2 Å². The molecule has 2 aliphatic heterocycles. The molecule has 21 heavy (non-hydrogen) atoms. The number of hydrogen-bond acceptors (Lipinski definition) is 3. The standard InChI is InChI=1S/C15H27N3O3/c1-3-7-15(2,13(19)20)16-14(21)18-10-5-9-17-8-4-6-12(17)11-18/h12H,3-11H2,1-2H3,(H,16,21)(H,19,20). The van der Waals surface area contributed by atoms with Crippen LogP contribution in [-0.4, -0.2) is 64.7 Å². The number of amides is 2. The maximum Gasteiger partial charge on any atom is 0.329 e. The molecule has 2 unspecified atom stereocenters. The van der Waals surface area contributed by atoms with Gasteiger partial charge in [-0.3, -0.25) is 4.90 Å². The van der Waals surface area contributed by atoms with Gasteiger partial charge in [-0.1, -0.05) is 13.3 Å². The lowest BCUT2D eigenvalue weighted by molar-refractivity contribution is -0.144. The number of hydrogen-bond donors (Lipinski definition) is 2. The van der Waals surface area contributed by atoms with Crippen LogP contribution in [0, 0.1) is 0 Å². The van der Waals surface area contributed by atoms with Crippen molar-refractivity contribution in [2.45, 2.75) is 57.5 Å². The Morgan fingerprint density at radius 2 is 2.00 bits per heavy atom. The van der Waals surface area contributed by atoms with E-state index in [1.54, 1.807) is 11.8 Å². The van der Waals surface area contributed by atoms with Crippen molar-refractivity contribution in [2.24, 2.45) is 0 Å². The zero-order chi connectivity index (χ0) is 15.5. The maximum absolute atomic E-state index is 12.5. The van der Waals surface area contributed by atoms with Gasteiger partial charge in [0.1, 0.15) is 5.54 Å². The van der Waals surface area contributed by atoms with Crippen LogP contribution in [0.25, 0.3) is 0 Å². The van der Waals surface area contributed by atoms with Gasteiger partial charge in [-0.05, 0) is 39.2 Å². The molecule has 2 fully saturated rings. The fourth-order valence-corrected chi connectivity index (χ4v) is 3.43. The van der Waals surface area contributed by atoms with Gasteiger partial charge in [0.2, 0.25) is 0 Å². The number of urea groups is 1. The Balaban J connectivity index is 1.99. The first kappa shape index (κ1) is 16.1. The second-order valence-electron chi connectivity index (χ2n) is 6.45. The van der Waals surface area contributed by atoms with Crippen molar-refractivity contribution in [1.29, 1.82) is 0 Å². The van der Waals surface area contributed by atoms with Crippen molar-refractivity contribution in [2.75, 3.05) is 26.2 Å². The Hall–Kier alpha value is -1.30. The number of nitrogens with one attached hydrogen (secondary N) is 1. The molecule has 2 saturated heterocycles. The minimum Gasteiger partial charge on any atom is -0.480 e. The molecule has 6 heteroatoms. The third-order valence-electron chi connectivity index (χ3n) is 4.70. The molecule has 2 amide bonds. The number of nitrogens with zero attached hydrogens (tertiary/aromatic N) is 2. The molecule has 0 radical (unpaired) electrons. The minimum absolute atomic E-state index is 0.234. The lowest BCUT2D eigenvalue weighted by atomic mass is 9.96. The predicted molar refractivity (Wildman–Crippen MR) is 80.3 cm³/mol. The number of carbonyl (C=O) groups is 2. The topological polar surface area (TPSA) is 72.9 Å². The highest BCUT2D eigenvalue weighted by atomic mass is 16.4. The molecule has 0 aromatic heterocycles. The number of rotatable bonds is 4. The molecule has 0 saturated carbocycles. The van der Waals surface area contributed by atoms with E-state index in [1.807, 2.05) is 6.92 Å². The molecule has 2 atom stereocenters. The molecule has 0 aromatic rings. The second-order valence-corrected chi connectivity index (χ2v) is 6.45. The molecule has 2 heterocycles. The zero-order valence-corrected chi connectivity index (χ0v) is 13.1. The Morgan fingerprint density at radius 3 is 2.67 bits per heavy atom. The van der Waals surface area contributed by atoms with Crippen LogP contribution in [0.5, 0.6) is 0 Å². The van der Waals surface area contributed by atoms with Gasteiger partial charge in [-0.2, -0.15) is 0 Å². The number of carboxylic acids is 1. The summed E-state index contributed by atoms with van der Waals surface area (Å²) in [6.45, 7) is 7.11. The van der Waals surface area contributed by atoms with Gasteiger partial charge in [0.05, 0.1) is 0 Å². The normalized spacial score (nSPS) is 25.8. The lowest BCUT2D eigenvalue weighted by Gasteiger charge is -2.31. The zero-order valence-electron chi connectivity index (χ0n) is 13.1. The summed E-state index contributed by atoms with van der Waals surface area (Å²) in [6, 6.07) is 0.211. The molecular formula is C15H27N3O3. The Labute approximate surface area is 126 Å². The Kier molecular flexibility index (Phi) is 5.08. The smallest absolute Gasteiger partial charge is 0.329 e. The van der Waals surface area contributed by atoms with E-state index >= 15 is 0 Å². The lowest BCUT2D eigenvalue weighted by Crippen LogP contribution is -2.57. The fraction of sp³-hybridized carbons (Fsp3) is 0.867. The maximum atomic E-state index is 12.5. The van der Waals surface area contributed by atoms with Crippen LogP contribution < -0.4 is 5.32 Å². The molecule has 6 nitrogen and oxygen atoms in total. The van der Waals surface area contributed by atoms with Crippen LogP contribution in [0.1, 0.15) is 46.0 Å². The number of carbonyl (C=O) groups excluding carboxylic acids is 1. The van der Waals surface area contributed by atoms with E-state index in [9.17, 15) is 14.7 Å². The van der Waals surface area contributed by atoms with E-state index in [1.165, 1.54) is 6.42 Å². The Bertz CT molecular complexity index is 402. The first-order valence-corrected chi connectivity index (χ1v) is 8.01. The molecule has 2 rings (SSSR count). The van der Waals surface area contributed by atoms with Crippen LogP contribution in [0.3, 0.4) is 0 Å². The molecule has 2 aliphatic rings. The van der Waals surface area contributed by atoms with Crippen LogP contribution >= 0.6 is 0 Å². The number of carboxylic acid groups (broad SMARTS) is 1. The third-order valence-corrected chi connectivity index (χ3v) is 4.70. The van der Waals surface area contributed by atoms with Crippen LogP contribution in [0.2, 0.25) is 0 Å². The van der Waals surface area contributed by atoms with Gasteiger partial charge in [0.25, 0.3) is 0 Å². The van der Waals surface area contributed by atoms with Crippen molar-refractivity contribution in [1.82, 2.24) is 15.1 Å². The molecule has 2 N–H and O–H groups in total. The van der Waals surface area contributed by atoms with E-state index < -0.39 is 11.5 Å². The Morgan fingerprint density at radius 1 is 1.29 bits per heavy atom. The summed E-state index contributed by atoms with van der Waals surface area (Å²) < 4.78 is 0. The summed E-state index contributed by atoms with van der Waals surface area (Å²) in [5.74, 6) is -0.963. The van der Waals surface area contributed by atoms with E-state index in [-0.39, 0.29) is 6.03 Å². The quantitative estimate of drug-likeness (QED) is 0.825. The van der Waals surface area contributed by atoms with Gasteiger partial charge in [0.15, 0.2) is 0 Å². The van der Waals surface area contributed by atoms with Crippen LogP contribution in [-0.2, 0) is 4.79 Å². The van der Waals surface area contributed by atoms with Crippen molar-refractivity contribution in [3.05, 3.63) is 0 Å². The summed E-state index contributed by atoms with van der Waals surface area (Å²) >= 11 is 0. The van der Waals surface area contributed by atoms with Crippen LogP contribution in [0.4, 0.5) is 4.79 Å². The number of aliphatic carboxylic acids is 1. The van der Waals surface area contributed by atoms with E-state index in [4.69, 9.17) is 0 Å². The highest BCUT2D eigenvalue weighted by Crippen LogP contribution is 2.22. The van der Waals surface area contributed by atoms with Crippen molar-refractivity contribution in [3.63, 3.8) is 0 Å². The van der Waals surface area contributed by atoms with Crippen molar-refractivity contribution < 1.29 is 14.7 Å². The predicted octanol–water partition coefficient (Wildman–Crippen LogP) is 1.51. The van der Waals surface area contributed by atoms with Crippen molar-refractivity contribution in [3.8, 4) is 0 Å². The van der Waals surface area contributed by atoms with E-state index in [0.29, 0.717) is 25.6 Å². The van der Waals surface area contributed by atoms with Gasteiger partial charge in [-0.15, -0.1) is 0 Å². The number of fused-ring (bicyclic) bond motifs is 1. The van der Waals surface area contributed by atoms with Crippen LogP contribution in [0.15, 0.2) is 0 Å². The third kappa shape index (κ3) is 3.67. The second kappa shape index (κ2) is 6.64. The molecule has 0 spiro atoms. The average molecular weight is 297 g/mol. The summed E-state index contributed by atoms with van der Waals surface area (Å²) in [7, 11) is 0. The fourth-order valence-electron chi connectivity index (χ4n) is 3.43. The molecule has 0 aliphatic carbocycles. The largest absolute Gasteiger partial charge is 0.480 e. The minimum atomic E-state index is -1.17. The highest BCUT2D eigenvalue weighted by molar-refractivity contribution is 5.85. The monoisotopic (exact) mass is 297 g/mol. The average Bonchev–Trinajstić information content (AvgIpc) is 2.75. The molecular weight excluding hydrogens is 270 g/mol. The van der Waals surface area contributed by atoms with Gasteiger partial charge < -0.3 is 15.3 Å². The first-order chi connectivity index (χ1) is 9.96. The van der Waals surface area contributed by atoms with Gasteiger partial charge in [-0.25, -0.2) is 9.59 Å². The summed E-state index contributed by atoms with van der Waals surface area (Å²) in [4.78, 5) is 28.2. The van der Waals surface area contributed by atoms with Gasteiger partial charge in [0, 0.05) is 25.7 Å². The van der Waals surface area contributed by atoms with Gasteiger partial charge >= 0.3 is 12.0 Å². The molecule has 0 bridgehead atoms. The first-order valence-electron chi connectivity index (χ1n) is 8.01. The summed E-state index contributed by atoms with van der Waals surface area (Å²) in [5, 5.41) is 12.1. The highest BCUT2D eigenvalue weighted by Gasteiger charge is 2.37. The van der Waals surface area contributed by atoms with Crippen molar-refractivity contribution >= 4 is 12.0 Å². The summed E-state index contributed by atoms with van der Waals surface area (Å²) in [5.41, 5.74) is -1.17. The SMILES string of the molecule is CCCC(C)(NC(=O)N1CCCN2CCCC2C1)C(=O)O. The molecule has 0 aromatic carbocycles. The van der Waals surface area contributed by atoms with E-state index in [0.717, 1.165) is 32.4 Å². The molecule has 120 valence electrons. The summed E-state index contributed by atoms with van der Waals surface area (Å²) in [6.07, 6.45) is 4.45.